The van der Waals surface area contributed by atoms with Gasteiger partial charge in [0.25, 0.3) is 0 Å². The normalized spacial score (nSPS) is 12.1. The fraction of sp³-hybridized carbons (Fsp3) is 0.500. The Morgan fingerprint density at radius 2 is 1.36 bits per heavy atom. The summed E-state index contributed by atoms with van der Waals surface area (Å²) in [7, 11) is 0. The van der Waals surface area contributed by atoms with Gasteiger partial charge in [-0.25, -0.2) is 4.79 Å². The van der Waals surface area contributed by atoms with Gasteiger partial charge in [-0.2, -0.15) is 31.8 Å². The predicted octanol–water partition coefficient (Wildman–Crippen LogP) is 0.685. The first-order valence-electron chi connectivity index (χ1n) is 2.70. The van der Waals surface area contributed by atoms with E-state index in [4.69, 9.17) is 0 Å². The molecule has 0 fully saturated rings. The topological polar surface area (TPSA) is 55.4 Å². The molecule has 0 spiro atoms. The SMILES string of the molecule is O=C(NOC(=O)C(F)(F)F)C(F)(F)F. The summed E-state index contributed by atoms with van der Waals surface area (Å²) in [6.07, 6.45) is -10.9. The Kier molecular flexibility index (Phi) is 3.32. The van der Waals surface area contributed by atoms with Gasteiger partial charge in [-0.1, -0.05) is 0 Å². The molecule has 0 atom stereocenters. The molecule has 0 aromatic rings. The average molecular weight is 225 g/mol. The van der Waals surface area contributed by atoms with Crippen molar-refractivity contribution in [2.75, 3.05) is 0 Å². The van der Waals surface area contributed by atoms with E-state index < -0.39 is 24.2 Å². The predicted molar refractivity (Wildman–Crippen MR) is 26.3 cm³/mol. The van der Waals surface area contributed by atoms with Crippen molar-refractivity contribution < 1.29 is 40.8 Å². The van der Waals surface area contributed by atoms with E-state index in [9.17, 15) is 35.9 Å². The highest BCUT2D eigenvalue weighted by Gasteiger charge is 2.44. The van der Waals surface area contributed by atoms with Crippen molar-refractivity contribution >= 4 is 11.9 Å². The first-order valence-corrected chi connectivity index (χ1v) is 2.70. The van der Waals surface area contributed by atoms with Gasteiger partial charge in [0.05, 0.1) is 0 Å². The summed E-state index contributed by atoms with van der Waals surface area (Å²) in [5.74, 6) is -5.76. The van der Waals surface area contributed by atoms with Gasteiger partial charge in [0.2, 0.25) is 0 Å². The minimum Gasteiger partial charge on any atom is -0.332 e. The molecule has 0 bridgehead atoms. The van der Waals surface area contributed by atoms with E-state index in [1.807, 2.05) is 0 Å². The summed E-state index contributed by atoms with van der Waals surface area (Å²) in [5, 5.41) is 0. The van der Waals surface area contributed by atoms with Crippen molar-refractivity contribution in [3.8, 4) is 0 Å². The second kappa shape index (κ2) is 3.72. The van der Waals surface area contributed by atoms with Crippen LogP contribution in [0.1, 0.15) is 0 Å². The molecular formula is C4HF6NO3. The molecular weight excluding hydrogens is 224 g/mol. The van der Waals surface area contributed by atoms with Gasteiger partial charge >= 0.3 is 24.2 Å². The van der Waals surface area contributed by atoms with Crippen molar-refractivity contribution in [1.82, 2.24) is 5.48 Å². The van der Waals surface area contributed by atoms with Crippen LogP contribution >= 0.6 is 0 Å². The zero-order valence-electron chi connectivity index (χ0n) is 5.99. The molecule has 1 N–H and O–H groups in total. The Morgan fingerprint density at radius 1 is 0.929 bits per heavy atom. The van der Waals surface area contributed by atoms with E-state index in [1.54, 1.807) is 0 Å². The van der Waals surface area contributed by atoms with Crippen molar-refractivity contribution in [2.24, 2.45) is 0 Å². The molecule has 0 aromatic carbocycles. The van der Waals surface area contributed by atoms with Crippen LogP contribution < -0.4 is 5.48 Å². The number of nitrogens with one attached hydrogen (secondary N) is 1. The number of amides is 1. The van der Waals surface area contributed by atoms with Gasteiger partial charge in [0.1, 0.15) is 0 Å². The average Bonchev–Trinajstić information content (AvgIpc) is 1.95. The highest BCUT2D eigenvalue weighted by molar-refractivity contribution is 5.83. The lowest BCUT2D eigenvalue weighted by Crippen LogP contribution is -2.41. The quantitative estimate of drug-likeness (QED) is 0.487. The minimum absolute atomic E-state index is 0.295. The molecule has 14 heavy (non-hydrogen) atoms. The van der Waals surface area contributed by atoms with Crippen LogP contribution in [0.3, 0.4) is 0 Å². The van der Waals surface area contributed by atoms with Crippen molar-refractivity contribution in [3.05, 3.63) is 0 Å². The number of hydrogen-bond acceptors (Lipinski definition) is 3. The van der Waals surface area contributed by atoms with Crippen molar-refractivity contribution in [1.29, 1.82) is 0 Å². The molecule has 0 aliphatic carbocycles. The van der Waals surface area contributed by atoms with Gasteiger partial charge < -0.3 is 4.84 Å². The maximum atomic E-state index is 11.3. The third-order valence-electron chi connectivity index (χ3n) is 0.725. The van der Waals surface area contributed by atoms with Gasteiger partial charge in [-0.05, 0) is 0 Å². The van der Waals surface area contributed by atoms with Gasteiger partial charge in [0, 0.05) is 0 Å². The maximum absolute atomic E-state index is 11.3. The highest BCUT2D eigenvalue weighted by Crippen LogP contribution is 2.17. The highest BCUT2D eigenvalue weighted by atomic mass is 19.4. The van der Waals surface area contributed by atoms with Crippen molar-refractivity contribution in [3.63, 3.8) is 0 Å². The lowest BCUT2D eigenvalue weighted by Gasteiger charge is -2.08. The standard InChI is InChI=1S/C4HF6NO3/c5-3(6,7)1(12)11-14-2(13)4(8,9)10/h(H,11,12). The number of rotatable bonds is 0. The molecule has 1 amide bonds. The molecule has 10 heteroatoms. The van der Waals surface area contributed by atoms with E-state index in [-0.39, 0.29) is 0 Å². The molecule has 0 saturated heterocycles. The molecule has 0 unspecified atom stereocenters. The van der Waals surface area contributed by atoms with Gasteiger partial charge in [0.15, 0.2) is 0 Å². The summed E-state index contributed by atoms with van der Waals surface area (Å²) in [5.41, 5.74) is 0.295. The zero-order chi connectivity index (χ0) is 11.6. The molecule has 0 rings (SSSR count). The molecule has 0 aromatic heterocycles. The summed E-state index contributed by atoms with van der Waals surface area (Å²) >= 11 is 0. The van der Waals surface area contributed by atoms with Crippen LogP contribution in [-0.4, -0.2) is 24.2 Å². The van der Waals surface area contributed by atoms with Crippen LogP contribution in [0.2, 0.25) is 0 Å². The van der Waals surface area contributed by atoms with Crippen LogP contribution in [0.25, 0.3) is 0 Å². The Balaban J connectivity index is 4.10. The third-order valence-corrected chi connectivity index (χ3v) is 0.725. The Morgan fingerprint density at radius 3 is 1.64 bits per heavy atom. The molecule has 0 aliphatic heterocycles. The van der Waals surface area contributed by atoms with Gasteiger partial charge in [-0.3, -0.25) is 4.79 Å². The van der Waals surface area contributed by atoms with Crippen LogP contribution in [0.5, 0.6) is 0 Å². The summed E-state index contributed by atoms with van der Waals surface area (Å²) in [6.45, 7) is 0. The number of hydrogen-bond donors (Lipinski definition) is 1. The molecule has 82 valence electrons. The Bertz CT molecular complexity index is 216. The molecule has 0 aliphatic rings. The Labute approximate surface area is 71.8 Å². The Hall–Kier alpha value is -1.48. The second-order valence-corrected chi connectivity index (χ2v) is 1.82. The number of carbonyl (C=O) groups is 2. The second-order valence-electron chi connectivity index (χ2n) is 1.82. The third kappa shape index (κ3) is 3.96. The first kappa shape index (κ1) is 12.5. The number of alkyl halides is 6. The fourth-order valence-corrected chi connectivity index (χ4v) is 0.208. The largest absolute Gasteiger partial charge is 0.493 e. The zero-order valence-corrected chi connectivity index (χ0v) is 5.99. The van der Waals surface area contributed by atoms with E-state index in [2.05, 4.69) is 4.84 Å². The van der Waals surface area contributed by atoms with Crippen LogP contribution in [-0.2, 0) is 14.4 Å². The van der Waals surface area contributed by atoms with Crippen molar-refractivity contribution in [2.45, 2.75) is 12.4 Å². The summed E-state index contributed by atoms with van der Waals surface area (Å²) < 4.78 is 67.8. The number of carbonyl (C=O) groups excluding carboxylic acids is 2. The first-order chi connectivity index (χ1) is 6.05. The lowest BCUT2D eigenvalue weighted by molar-refractivity contribution is -0.215. The molecule has 0 radical (unpaired) electrons. The fourth-order valence-electron chi connectivity index (χ4n) is 0.208. The summed E-state index contributed by atoms with van der Waals surface area (Å²) in [4.78, 5) is 22.4. The van der Waals surface area contributed by atoms with E-state index in [1.165, 1.54) is 0 Å². The van der Waals surface area contributed by atoms with Crippen LogP contribution in [0.4, 0.5) is 26.3 Å². The maximum Gasteiger partial charge on any atom is 0.493 e. The number of hydroxylamine groups is 1. The monoisotopic (exact) mass is 225 g/mol. The van der Waals surface area contributed by atoms with Crippen LogP contribution in [0, 0.1) is 0 Å². The molecule has 0 heterocycles. The van der Waals surface area contributed by atoms with Gasteiger partial charge in [-0.15, -0.1) is 0 Å². The van der Waals surface area contributed by atoms with E-state index in [0.29, 0.717) is 5.48 Å². The smallest absolute Gasteiger partial charge is 0.332 e. The molecule has 4 nitrogen and oxygen atoms in total. The van der Waals surface area contributed by atoms with E-state index in [0.717, 1.165) is 0 Å². The lowest BCUT2D eigenvalue weighted by atomic mass is 10.6. The van der Waals surface area contributed by atoms with Crippen LogP contribution in [0.15, 0.2) is 0 Å². The van der Waals surface area contributed by atoms with E-state index >= 15 is 0 Å². The molecule has 0 saturated carbocycles. The summed E-state index contributed by atoms with van der Waals surface area (Å²) in [6, 6.07) is 0. The minimum atomic E-state index is -5.47. The number of halogens is 6.